The molecule has 57 heavy (non-hydrogen) atoms. The number of carbonyl (C=O) groups is 8. The molecule has 0 rings (SSSR count). The summed E-state index contributed by atoms with van der Waals surface area (Å²) in [6, 6.07) is 0. The molecule has 0 aromatic heterocycles. The van der Waals surface area contributed by atoms with Crippen LogP contribution in [0.5, 0.6) is 0 Å². The Hall–Kier alpha value is -3.72. The van der Waals surface area contributed by atoms with Gasteiger partial charge in [0.15, 0.2) is 11.7 Å². The molecule has 0 fully saturated rings. The number of aliphatic hydroxyl groups excluding tert-OH is 7. The van der Waals surface area contributed by atoms with Gasteiger partial charge in [-0.2, -0.15) is 0 Å². The molecule has 328 valence electrons. The molecule has 0 heterocycles. The number of hydrogen-bond donors (Lipinski definition) is 16. The van der Waals surface area contributed by atoms with Gasteiger partial charge >= 0.3 is 77.3 Å². The number of aliphatic hydroxyl groups is 8. The normalized spacial score (nSPS) is 12.8. The molecule has 29 heteroatoms. The van der Waals surface area contributed by atoms with Gasteiger partial charge in [0.25, 0.3) is 0 Å². The van der Waals surface area contributed by atoms with E-state index in [-0.39, 0.29) is 62.5 Å². The predicted octanol–water partition coefficient (Wildman–Crippen LogP) is -12.2. The summed E-state index contributed by atoms with van der Waals surface area (Å²) in [5.41, 5.74) is -2.74. The van der Waals surface area contributed by atoms with Crippen LogP contribution in [0.4, 0.5) is 0 Å². The van der Waals surface area contributed by atoms with Crippen molar-refractivity contribution in [2.75, 3.05) is 85.3 Å². The second-order valence-corrected chi connectivity index (χ2v) is 11.0. The third kappa shape index (κ3) is 36.4. The summed E-state index contributed by atoms with van der Waals surface area (Å²) in [5, 5.41) is 147. The maximum Gasteiger partial charge on any atom is 1.00 e. The van der Waals surface area contributed by atoms with E-state index in [2.05, 4.69) is 0 Å². The molecule has 4 atom stereocenters. The topological polar surface area (TPSA) is 493 Å². The van der Waals surface area contributed by atoms with Crippen LogP contribution in [0.1, 0.15) is 12.8 Å². The molecule has 0 amide bonds. The molecule has 0 unspecified atom stereocenters. The zero-order valence-electron chi connectivity index (χ0n) is 30.6. The molecule has 0 saturated carbocycles. The van der Waals surface area contributed by atoms with Crippen LogP contribution in [0, 0.1) is 0 Å². The van der Waals surface area contributed by atoms with E-state index >= 15 is 0 Å². The maximum atomic E-state index is 10.6. The number of aliphatic carboxylic acids is 8. The van der Waals surface area contributed by atoms with Crippen molar-refractivity contribution in [2.45, 2.75) is 42.9 Å². The Balaban J connectivity index is -0.000000217. The average Bonchev–Trinajstić information content (AvgIpc) is 3.05. The number of rotatable bonds is 27. The maximum absolute atomic E-state index is 10.6. The van der Waals surface area contributed by atoms with Crippen molar-refractivity contribution >= 4 is 47.8 Å². The first kappa shape index (κ1) is 62.5. The second kappa shape index (κ2) is 35.4. The van der Waals surface area contributed by atoms with Crippen molar-refractivity contribution in [2.24, 2.45) is 0 Å². The molecule has 16 N–H and O–H groups in total. The zero-order valence-corrected chi connectivity index (χ0v) is 32.6. The van der Waals surface area contributed by atoms with Crippen LogP contribution in [0.15, 0.2) is 0 Å². The van der Waals surface area contributed by atoms with Crippen LogP contribution in [0.2, 0.25) is 0 Å². The molecule has 0 aromatic carbocycles. The van der Waals surface area contributed by atoms with Crippen LogP contribution < -0.4 is 34.7 Å². The summed E-state index contributed by atoms with van der Waals surface area (Å²) < 4.78 is 0. The van der Waals surface area contributed by atoms with Gasteiger partial charge in [0.05, 0.1) is 58.8 Å². The monoisotopic (exact) mass is 851 g/mol. The second-order valence-electron chi connectivity index (χ2n) is 11.0. The van der Waals surface area contributed by atoms with E-state index in [4.69, 9.17) is 81.7 Å². The zero-order chi connectivity index (χ0) is 44.8. The van der Waals surface area contributed by atoms with Crippen LogP contribution in [-0.2, 0) is 38.4 Å². The number of carboxylic acids is 8. The van der Waals surface area contributed by atoms with Crippen LogP contribution in [0.25, 0.3) is 0 Å². The van der Waals surface area contributed by atoms with Crippen LogP contribution >= 0.6 is 0 Å². The quantitative estimate of drug-likeness (QED) is 0.0341. The Labute approximate surface area is 344 Å². The molecule has 0 saturated heterocycles. The fourth-order valence-electron chi connectivity index (χ4n) is 3.61. The van der Waals surface area contributed by atoms with Crippen molar-refractivity contribution in [3.8, 4) is 0 Å². The van der Waals surface area contributed by atoms with Crippen molar-refractivity contribution in [1.29, 1.82) is 0 Å². The Bertz CT molecular complexity index is 1110. The Morgan fingerprint density at radius 2 is 0.842 bits per heavy atom. The molecular weight excluding hydrogens is 801 g/mol. The fraction of sp³-hybridized carbons (Fsp3) is 0.714. The van der Waals surface area contributed by atoms with Crippen LogP contribution in [-0.4, -0.2) is 260 Å². The van der Waals surface area contributed by atoms with E-state index in [1.165, 1.54) is 0 Å². The van der Waals surface area contributed by atoms with Gasteiger partial charge in [-0.1, -0.05) is 0 Å². The Morgan fingerprint density at radius 3 is 1.05 bits per heavy atom. The van der Waals surface area contributed by atoms with Gasteiger partial charge in [-0.15, -0.1) is 6.61 Å². The first-order valence-corrected chi connectivity index (χ1v) is 15.5. The number of nitrogens with zero attached hydrogens (tertiary/aromatic N) is 3. The van der Waals surface area contributed by atoms with Crippen molar-refractivity contribution < 1.29 is 155 Å². The van der Waals surface area contributed by atoms with E-state index in [1.807, 2.05) is 0 Å². The predicted molar refractivity (Wildman–Crippen MR) is 175 cm³/mol. The third-order valence-electron chi connectivity index (χ3n) is 6.20. The van der Waals surface area contributed by atoms with E-state index in [0.717, 1.165) is 9.80 Å². The molecule has 0 spiro atoms. The molecule has 28 nitrogen and oxygen atoms in total. The summed E-state index contributed by atoms with van der Waals surface area (Å²) in [6.07, 6.45) is -10.1. The smallest absolute Gasteiger partial charge is 0.854 e. The average molecular weight is 852 g/mol. The van der Waals surface area contributed by atoms with Gasteiger partial charge in [-0.05, 0) is 6.54 Å². The van der Waals surface area contributed by atoms with Gasteiger partial charge in [-0.3, -0.25) is 38.6 Å². The van der Waals surface area contributed by atoms with Crippen molar-refractivity contribution in [3.05, 3.63) is 0 Å². The van der Waals surface area contributed by atoms with Gasteiger partial charge in [0, 0.05) is 26.2 Å². The van der Waals surface area contributed by atoms with Crippen molar-refractivity contribution in [3.63, 3.8) is 0 Å². The molecule has 0 aromatic rings. The summed E-state index contributed by atoms with van der Waals surface area (Å²) >= 11 is 0. The van der Waals surface area contributed by atoms with E-state index in [1.54, 1.807) is 4.90 Å². The molecular formula is C28H50N3NaO25. The largest absolute Gasteiger partial charge is 1.00 e. The first-order chi connectivity index (χ1) is 25.7. The molecule has 0 aliphatic rings. The standard InChI is InChI=1S/C10H16N2O8.C6H14NO3.C6H8O7.C6H12O7.Na/c13-7(14)3-11(4-8(15)16)1-2-12(5-9(17)18)6-10(19)20;8-4-1-7(2-5-9)3-6-10;7-3(8)1-6(13,5(11)12)2-4(9)10;7-1-2(8)3(9)4(10)5(11)6(12)13;/h1-6H2,(H,13,14)(H,15,16)(H,17,18)(H,19,20);8-9H,1-6H2;13H,1-2H2,(H,7,8)(H,9,10)(H,11,12);2-5,7-11H,1H2,(H,12,13);/q;-1;;;+1/t;;;2-,3-,4+,5-;/m...1./s1. The minimum Gasteiger partial charge on any atom is -0.854 e. The molecule has 0 radical (unpaired) electrons. The number of carboxylic acid groups (broad SMARTS) is 8. The molecule has 0 aliphatic carbocycles. The third-order valence-corrected chi connectivity index (χ3v) is 6.20. The summed E-state index contributed by atoms with van der Waals surface area (Å²) in [6.45, 7) is -1.84. The summed E-state index contributed by atoms with van der Waals surface area (Å²) in [7, 11) is 0. The fourth-order valence-corrected chi connectivity index (χ4v) is 3.61. The number of hydrogen-bond acceptors (Lipinski definition) is 20. The Kier molecular flexibility index (Phi) is 38.8. The minimum atomic E-state index is -2.74. The SMILES string of the molecule is O=C(O)CC(O)(CC(=O)O)C(=O)O.O=C(O)CN(CCN(CC(=O)O)CC(=O)O)CC(=O)O.O=C(O)[C@H](O)[C@@H](O)[C@H](O)[C@H](O)CO.[Na+].[O-]CCN(CCO)CCO. The van der Waals surface area contributed by atoms with Gasteiger partial charge in [-0.25, -0.2) is 9.59 Å². The van der Waals surface area contributed by atoms with Crippen LogP contribution in [0.3, 0.4) is 0 Å². The molecule has 0 aliphatic heterocycles. The van der Waals surface area contributed by atoms with Crippen molar-refractivity contribution in [1.82, 2.24) is 14.7 Å². The summed E-state index contributed by atoms with van der Waals surface area (Å²) in [4.78, 5) is 86.7. The molecule has 0 bridgehead atoms. The first-order valence-electron chi connectivity index (χ1n) is 15.5. The van der Waals surface area contributed by atoms with E-state index in [9.17, 15) is 43.5 Å². The van der Waals surface area contributed by atoms with Gasteiger partial charge in [0.1, 0.15) is 18.3 Å². The Morgan fingerprint density at radius 1 is 0.509 bits per heavy atom. The van der Waals surface area contributed by atoms with Gasteiger partial charge in [0.2, 0.25) is 0 Å². The van der Waals surface area contributed by atoms with E-state index < -0.39 is 123 Å². The summed E-state index contributed by atoms with van der Waals surface area (Å²) in [5.74, 6) is -11.7. The minimum absolute atomic E-state index is 0. The van der Waals surface area contributed by atoms with Gasteiger partial charge < -0.3 is 91.7 Å². The van der Waals surface area contributed by atoms with E-state index in [0.29, 0.717) is 19.6 Å².